The quantitative estimate of drug-likeness (QED) is 0.760. The van der Waals surface area contributed by atoms with Crippen LogP contribution in [0.3, 0.4) is 0 Å². The van der Waals surface area contributed by atoms with Crippen molar-refractivity contribution in [1.82, 2.24) is 9.88 Å². The van der Waals surface area contributed by atoms with Crippen molar-refractivity contribution in [3.8, 4) is 0 Å². The molecule has 1 fully saturated rings. The third-order valence-electron chi connectivity index (χ3n) is 4.80. The first-order valence-corrected chi connectivity index (χ1v) is 8.14. The first-order valence-electron chi connectivity index (χ1n) is 8.14. The van der Waals surface area contributed by atoms with Crippen molar-refractivity contribution in [3.63, 3.8) is 0 Å². The average molecular weight is 304 g/mol. The third-order valence-corrected chi connectivity index (χ3v) is 4.80. The van der Waals surface area contributed by atoms with Gasteiger partial charge in [0, 0.05) is 41.7 Å². The number of hydrogen-bond donors (Lipinski definition) is 1. The Labute approximate surface area is 135 Å². The van der Waals surface area contributed by atoms with Crippen LogP contribution in [0.15, 0.2) is 54.7 Å². The van der Waals surface area contributed by atoms with Gasteiger partial charge >= 0.3 is 0 Å². The molecule has 3 aromatic rings. The Balaban J connectivity index is 1.56. The number of likely N-dealkylation sites (tertiary alicyclic amines) is 1. The Kier molecular flexibility index (Phi) is 3.41. The molecular formula is C20H20N2O. The predicted molar refractivity (Wildman–Crippen MR) is 92.7 cm³/mol. The SMILES string of the molecule is Cc1cccc(C(=O)N2CCC(c3c[nH]c4ccccc34)C2)c1. The molecule has 1 aliphatic heterocycles. The summed E-state index contributed by atoms with van der Waals surface area (Å²) in [7, 11) is 0. The van der Waals surface area contributed by atoms with Crippen molar-refractivity contribution in [2.24, 2.45) is 0 Å². The second kappa shape index (κ2) is 5.58. The Morgan fingerprint density at radius 1 is 1.17 bits per heavy atom. The number of nitrogens with one attached hydrogen (secondary N) is 1. The van der Waals surface area contributed by atoms with E-state index in [-0.39, 0.29) is 5.91 Å². The fourth-order valence-corrected chi connectivity index (χ4v) is 3.59. The molecule has 1 aliphatic rings. The van der Waals surface area contributed by atoms with Gasteiger partial charge in [-0.2, -0.15) is 0 Å². The van der Waals surface area contributed by atoms with E-state index in [2.05, 4.69) is 29.4 Å². The average Bonchev–Trinajstić information content (AvgIpc) is 3.20. The van der Waals surface area contributed by atoms with Crippen LogP contribution in [0, 0.1) is 6.92 Å². The lowest BCUT2D eigenvalue weighted by Crippen LogP contribution is -2.28. The zero-order chi connectivity index (χ0) is 15.8. The fraction of sp³-hybridized carbons (Fsp3) is 0.250. The number of aromatic nitrogens is 1. The van der Waals surface area contributed by atoms with Gasteiger partial charge in [-0.15, -0.1) is 0 Å². The van der Waals surface area contributed by atoms with Crippen molar-refractivity contribution in [1.29, 1.82) is 0 Å². The molecule has 1 N–H and O–H groups in total. The van der Waals surface area contributed by atoms with Crippen LogP contribution < -0.4 is 0 Å². The normalized spacial score (nSPS) is 17.8. The van der Waals surface area contributed by atoms with Crippen LogP contribution in [0.4, 0.5) is 0 Å². The zero-order valence-corrected chi connectivity index (χ0v) is 13.3. The Morgan fingerprint density at radius 3 is 2.91 bits per heavy atom. The molecule has 0 bridgehead atoms. The predicted octanol–water partition coefficient (Wildman–Crippen LogP) is 4.11. The van der Waals surface area contributed by atoms with Gasteiger partial charge in [0.15, 0.2) is 0 Å². The highest BCUT2D eigenvalue weighted by Gasteiger charge is 2.29. The van der Waals surface area contributed by atoms with Crippen molar-refractivity contribution < 1.29 is 4.79 Å². The van der Waals surface area contributed by atoms with E-state index in [0.717, 1.165) is 30.6 Å². The summed E-state index contributed by atoms with van der Waals surface area (Å²) in [6.07, 6.45) is 3.13. The topological polar surface area (TPSA) is 36.1 Å². The molecule has 4 rings (SSSR count). The second-order valence-corrected chi connectivity index (χ2v) is 6.40. The van der Waals surface area contributed by atoms with Crippen molar-refractivity contribution in [3.05, 3.63) is 71.4 Å². The molecule has 3 heteroatoms. The lowest BCUT2D eigenvalue weighted by atomic mass is 9.98. The van der Waals surface area contributed by atoms with Gasteiger partial charge in [0.2, 0.25) is 0 Å². The molecule has 0 spiro atoms. The molecule has 1 unspecified atom stereocenters. The summed E-state index contributed by atoms with van der Waals surface area (Å²) < 4.78 is 0. The monoisotopic (exact) mass is 304 g/mol. The minimum Gasteiger partial charge on any atom is -0.361 e. The van der Waals surface area contributed by atoms with Crippen LogP contribution in [0.2, 0.25) is 0 Å². The van der Waals surface area contributed by atoms with E-state index < -0.39 is 0 Å². The number of rotatable bonds is 2. The smallest absolute Gasteiger partial charge is 0.253 e. The fourth-order valence-electron chi connectivity index (χ4n) is 3.59. The number of carbonyl (C=O) groups is 1. The van der Waals surface area contributed by atoms with Crippen LogP contribution in [-0.4, -0.2) is 28.9 Å². The molecule has 1 aromatic heterocycles. The maximum atomic E-state index is 12.7. The number of nitrogens with zero attached hydrogens (tertiary/aromatic N) is 1. The summed E-state index contributed by atoms with van der Waals surface area (Å²) in [5.74, 6) is 0.566. The van der Waals surface area contributed by atoms with E-state index in [1.165, 1.54) is 16.5 Å². The molecule has 23 heavy (non-hydrogen) atoms. The van der Waals surface area contributed by atoms with Crippen molar-refractivity contribution in [2.75, 3.05) is 13.1 Å². The largest absolute Gasteiger partial charge is 0.361 e. The zero-order valence-electron chi connectivity index (χ0n) is 13.3. The van der Waals surface area contributed by atoms with Gasteiger partial charge < -0.3 is 9.88 Å². The van der Waals surface area contributed by atoms with Crippen LogP contribution in [0.25, 0.3) is 10.9 Å². The molecule has 0 saturated carbocycles. The van der Waals surface area contributed by atoms with E-state index in [1.807, 2.05) is 42.2 Å². The summed E-state index contributed by atoms with van der Waals surface area (Å²) in [6.45, 7) is 3.65. The highest BCUT2D eigenvalue weighted by molar-refractivity contribution is 5.94. The summed E-state index contributed by atoms with van der Waals surface area (Å²) in [6, 6.07) is 16.2. The number of para-hydroxylation sites is 1. The number of H-pyrrole nitrogens is 1. The van der Waals surface area contributed by atoms with Crippen LogP contribution in [-0.2, 0) is 0 Å². The maximum Gasteiger partial charge on any atom is 0.253 e. The number of fused-ring (bicyclic) bond motifs is 1. The number of hydrogen-bond acceptors (Lipinski definition) is 1. The number of aromatic amines is 1. The van der Waals surface area contributed by atoms with E-state index in [1.54, 1.807) is 0 Å². The lowest BCUT2D eigenvalue weighted by Gasteiger charge is -2.17. The van der Waals surface area contributed by atoms with E-state index >= 15 is 0 Å². The third kappa shape index (κ3) is 2.52. The maximum absolute atomic E-state index is 12.7. The second-order valence-electron chi connectivity index (χ2n) is 6.40. The van der Waals surface area contributed by atoms with Crippen LogP contribution in [0.5, 0.6) is 0 Å². The summed E-state index contributed by atoms with van der Waals surface area (Å²) in [5.41, 5.74) is 4.43. The highest BCUT2D eigenvalue weighted by atomic mass is 16.2. The minimum absolute atomic E-state index is 0.149. The standard InChI is InChI=1S/C20H20N2O/c1-14-5-4-6-15(11-14)20(23)22-10-9-16(13-22)18-12-21-19-8-3-2-7-17(18)19/h2-8,11-12,16,21H,9-10,13H2,1H3. The Morgan fingerprint density at radius 2 is 2.04 bits per heavy atom. The number of benzene rings is 2. The van der Waals surface area contributed by atoms with Gasteiger partial charge in [0.25, 0.3) is 5.91 Å². The first kappa shape index (κ1) is 14.1. The molecule has 1 amide bonds. The van der Waals surface area contributed by atoms with Gasteiger partial charge in [-0.1, -0.05) is 35.9 Å². The van der Waals surface area contributed by atoms with Crippen molar-refractivity contribution in [2.45, 2.75) is 19.3 Å². The van der Waals surface area contributed by atoms with Gasteiger partial charge in [0.1, 0.15) is 0 Å². The van der Waals surface area contributed by atoms with Gasteiger partial charge in [-0.25, -0.2) is 0 Å². The van der Waals surface area contributed by atoms with Gasteiger partial charge in [-0.3, -0.25) is 4.79 Å². The highest BCUT2D eigenvalue weighted by Crippen LogP contribution is 2.33. The summed E-state index contributed by atoms with van der Waals surface area (Å²) in [5, 5.41) is 1.28. The number of amides is 1. The van der Waals surface area contributed by atoms with Crippen LogP contribution >= 0.6 is 0 Å². The molecule has 1 atom stereocenters. The van der Waals surface area contributed by atoms with Gasteiger partial charge in [0.05, 0.1) is 0 Å². The summed E-state index contributed by atoms with van der Waals surface area (Å²) in [4.78, 5) is 18.0. The van der Waals surface area contributed by atoms with Crippen LogP contribution in [0.1, 0.15) is 33.8 Å². The van der Waals surface area contributed by atoms with Gasteiger partial charge in [-0.05, 0) is 37.1 Å². The van der Waals surface area contributed by atoms with Crippen molar-refractivity contribution >= 4 is 16.8 Å². The van der Waals surface area contributed by atoms with E-state index in [0.29, 0.717) is 5.92 Å². The molecule has 2 aromatic carbocycles. The summed E-state index contributed by atoms with van der Waals surface area (Å²) >= 11 is 0. The molecular weight excluding hydrogens is 284 g/mol. The number of carbonyl (C=O) groups excluding carboxylic acids is 1. The molecule has 3 nitrogen and oxygen atoms in total. The van der Waals surface area contributed by atoms with E-state index in [4.69, 9.17) is 0 Å². The van der Waals surface area contributed by atoms with E-state index in [9.17, 15) is 4.79 Å². The first-order chi connectivity index (χ1) is 11.2. The Hall–Kier alpha value is -2.55. The molecule has 1 saturated heterocycles. The minimum atomic E-state index is 0.149. The number of aryl methyl sites for hydroxylation is 1. The molecule has 116 valence electrons. The molecule has 0 radical (unpaired) electrons. The lowest BCUT2D eigenvalue weighted by molar-refractivity contribution is 0.0790. The molecule has 0 aliphatic carbocycles. The Bertz CT molecular complexity index is 865. The molecule has 2 heterocycles.